The van der Waals surface area contributed by atoms with Crippen LogP contribution in [0.1, 0.15) is 48.9 Å². The van der Waals surface area contributed by atoms with Gasteiger partial charge in [0.15, 0.2) is 5.78 Å². The van der Waals surface area contributed by atoms with Crippen molar-refractivity contribution in [1.82, 2.24) is 0 Å². The molecule has 1 aliphatic carbocycles. The molecule has 1 aromatic rings. The maximum absolute atomic E-state index is 12.7. The van der Waals surface area contributed by atoms with E-state index >= 15 is 0 Å². The average Bonchev–Trinajstić information content (AvgIpc) is 2.38. The molecule has 1 fully saturated rings. The summed E-state index contributed by atoms with van der Waals surface area (Å²) in [6.07, 6.45) is 4.66. The predicted octanol–water partition coefficient (Wildman–Crippen LogP) is 3.55. The van der Waals surface area contributed by atoms with Gasteiger partial charge in [-0.3, -0.25) is 9.59 Å². The normalized spacial score (nSPS) is 19.8. The highest BCUT2D eigenvalue weighted by Gasteiger charge is 2.22. The molecular formula is C15H17FO2. The summed E-state index contributed by atoms with van der Waals surface area (Å²) in [4.78, 5) is 23.5. The van der Waals surface area contributed by atoms with E-state index in [1.165, 1.54) is 24.3 Å². The average molecular weight is 248 g/mol. The first-order valence-electron chi connectivity index (χ1n) is 6.48. The van der Waals surface area contributed by atoms with E-state index in [2.05, 4.69) is 0 Å². The van der Waals surface area contributed by atoms with Gasteiger partial charge in [-0.2, -0.15) is 0 Å². The van der Waals surface area contributed by atoms with Crippen LogP contribution in [0.2, 0.25) is 0 Å². The Hall–Kier alpha value is -1.51. The molecule has 0 radical (unpaired) electrons. The number of carbonyl (C=O) groups excluding carboxylic acids is 2. The van der Waals surface area contributed by atoms with Gasteiger partial charge in [-0.1, -0.05) is 6.42 Å². The molecule has 1 atom stereocenters. The van der Waals surface area contributed by atoms with Crippen LogP contribution in [0.4, 0.5) is 4.39 Å². The van der Waals surface area contributed by atoms with Crippen LogP contribution in [-0.4, -0.2) is 11.6 Å². The number of rotatable bonds is 4. The Kier molecular flexibility index (Phi) is 4.24. The van der Waals surface area contributed by atoms with Crippen molar-refractivity contribution < 1.29 is 14.0 Å². The van der Waals surface area contributed by atoms with E-state index < -0.39 is 0 Å². The largest absolute Gasteiger partial charge is 0.299 e. The Balaban J connectivity index is 1.88. The summed E-state index contributed by atoms with van der Waals surface area (Å²) in [5, 5.41) is 0. The molecule has 3 heteroatoms. The molecule has 1 aromatic carbocycles. The Morgan fingerprint density at radius 1 is 1.22 bits per heavy atom. The van der Waals surface area contributed by atoms with Crippen molar-refractivity contribution in [2.75, 3.05) is 0 Å². The van der Waals surface area contributed by atoms with Gasteiger partial charge in [0.05, 0.1) is 0 Å². The first kappa shape index (κ1) is 12.9. The van der Waals surface area contributed by atoms with Crippen LogP contribution in [0.3, 0.4) is 0 Å². The van der Waals surface area contributed by atoms with Gasteiger partial charge in [-0.25, -0.2) is 4.39 Å². The molecule has 0 heterocycles. The Morgan fingerprint density at radius 3 is 2.61 bits per heavy atom. The maximum atomic E-state index is 12.7. The Bertz CT molecular complexity index is 436. The molecule has 2 nitrogen and oxygen atoms in total. The van der Waals surface area contributed by atoms with Crippen LogP contribution in [0.15, 0.2) is 24.3 Å². The molecular weight excluding hydrogens is 231 g/mol. The lowest BCUT2D eigenvalue weighted by atomic mass is 9.84. The fraction of sp³-hybridized carbons (Fsp3) is 0.467. The SMILES string of the molecule is O=C(CC[C@H]1CCCCC1=O)c1ccc(F)cc1. The van der Waals surface area contributed by atoms with E-state index in [1.54, 1.807) is 0 Å². The summed E-state index contributed by atoms with van der Waals surface area (Å²) >= 11 is 0. The van der Waals surface area contributed by atoms with E-state index in [4.69, 9.17) is 0 Å². The van der Waals surface area contributed by atoms with E-state index in [0.717, 1.165) is 19.3 Å². The van der Waals surface area contributed by atoms with Crippen molar-refractivity contribution in [2.45, 2.75) is 38.5 Å². The van der Waals surface area contributed by atoms with Crippen LogP contribution in [-0.2, 0) is 4.79 Å². The van der Waals surface area contributed by atoms with Gasteiger partial charge in [0, 0.05) is 24.3 Å². The Labute approximate surface area is 106 Å². The van der Waals surface area contributed by atoms with Crippen molar-refractivity contribution in [3.05, 3.63) is 35.6 Å². The molecule has 0 bridgehead atoms. The lowest BCUT2D eigenvalue weighted by Crippen LogP contribution is -2.19. The lowest BCUT2D eigenvalue weighted by Gasteiger charge is -2.19. The number of Topliss-reactive ketones (excluding diaryl/α,β-unsaturated/α-hetero) is 2. The zero-order valence-corrected chi connectivity index (χ0v) is 10.3. The standard InChI is InChI=1S/C15H17FO2/c16-13-8-5-12(6-9-13)15(18)10-7-11-3-1-2-4-14(11)17/h5-6,8-9,11H,1-4,7,10H2/t11-/m1/s1. The summed E-state index contributed by atoms with van der Waals surface area (Å²) in [7, 11) is 0. The van der Waals surface area contributed by atoms with Gasteiger partial charge in [0.1, 0.15) is 11.6 Å². The minimum absolute atomic E-state index is 0.00614. The van der Waals surface area contributed by atoms with Gasteiger partial charge in [0.2, 0.25) is 0 Å². The predicted molar refractivity (Wildman–Crippen MR) is 66.9 cm³/mol. The molecule has 0 aliphatic heterocycles. The third-order valence-corrected chi connectivity index (χ3v) is 3.57. The van der Waals surface area contributed by atoms with Gasteiger partial charge in [0.25, 0.3) is 0 Å². The summed E-state index contributed by atoms with van der Waals surface area (Å²) in [6.45, 7) is 0. The van der Waals surface area contributed by atoms with Crippen molar-refractivity contribution in [3.8, 4) is 0 Å². The highest BCUT2D eigenvalue weighted by Crippen LogP contribution is 2.25. The van der Waals surface area contributed by atoms with Crippen molar-refractivity contribution in [3.63, 3.8) is 0 Å². The first-order valence-corrected chi connectivity index (χ1v) is 6.48. The molecule has 0 aromatic heterocycles. The second kappa shape index (κ2) is 5.89. The zero-order chi connectivity index (χ0) is 13.0. The number of halogens is 1. The van der Waals surface area contributed by atoms with Crippen molar-refractivity contribution in [1.29, 1.82) is 0 Å². The quantitative estimate of drug-likeness (QED) is 0.764. The molecule has 18 heavy (non-hydrogen) atoms. The highest BCUT2D eigenvalue weighted by atomic mass is 19.1. The monoisotopic (exact) mass is 248 g/mol. The fourth-order valence-electron chi connectivity index (χ4n) is 2.45. The highest BCUT2D eigenvalue weighted by molar-refractivity contribution is 5.96. The van der Waals surface area contributed by atoms with Gasteiger partial charge < -0.3 is 0 Å². The molecule has 1 aliphatic rings. The number of ketones is 2. The minimum atomic E-state index is -0.339. The number of hydrogen-bond acceptors (Lipinski definition) is 2. The fourth-order valence-corrected chi connectivity index (χ4v) is 2.45. The maximum Gasteiger partial charge on any atom is 0.162 e. The van der Waals surface area contributed by atoms with E-state index in [9.17, 15) is 14.0 Å². The molecule has 0 amide bonds. The van der Waals surface area contributed by atoms with Gasteiger partial charge >= 0.3 is 0 Å². The van der Waals surface area contributed by atoms with Crippen molar-refractivity contribution in [2.24, 2.45) is 5.92 Å². The van der Waals surface area contributed by atoms with E-state index in [0.29, 0.717) is 30.6 Å². The summed E-state index contributed by atoms with van der Waals surface area (Å²) in [5.74, 6) is 0.0127. The topological polar surface area (TPSA) is 34.1 Å². The van der Waals surface area contributed by atoms with Gasteiger partial charge in [-0.05, 0) is 43.5 Å². The van der Waals surface area contributed by atoms with E-state index in [-0.39, 0.29) is 17.5 Å². The second-order valence-electron chi connectivity index (χ2n) is 4.88. The van der Waals surface area contributed by atoms with Crippen LogP contribution in [0, 0.1) is 11.7 Å². The molecule has 1 saturated carbocycles. The molecule has 0 N–H and O–H groups in total. The third kappa shape index (κ3) is 3.25. The van der Waals surface area contributed by atoms with Gasteiger partial charge in [-0.15, -0.1) is 0 Å². The van der Waals surface area contributed by atoms with Crippen LogP contribution >= 0.6 is 0 Å². The summed E-state index contributed by atoms with van der Waals surface area (Å²) in [5.41, 5.74) is 0.527. The summed E-state index contributed by atoms with van der Waals surface area (Å²) < 4.78 is 12.7. The van der Waals surface area contributed by atoms with Crippen LogP contribution < -0.4 is 0 Å². The first-order chi connectivity index (χ1) is 8.66. The zero-order valence-electron chi connectivity index (χ0n) is 10.3. The molecule has 0 spiro atoms. The van der Waals surface area contributed by atoms with Crippen LogP contribution in [0.5, 0.6) is 0 Å². The van der Waals surface area contributed by atoms with Crippen molar-refractivity contribution >= 4 is 11.6 Å². The van der Waals surface area contributed by atoms with Crippen LogP contribution in [0.25, 0.3) is 0 Å². The Morgan fingerprint density at radius 2 is 1.94 bits per heavy atom. The molecule has 0 unspecified atom stereocenters. The molecule has 2 rings (SSSR count). The minimum Gasteiger partial charge on any atom is -0.299 e. The molecule has 0 saturated heterocycles. The van der Waals surface area contributed by atoms with E-state index in [1.807, 2.05) is 0 Å². The number of hydrogen-bond donors (Lipinski definition) is 0. The molecule has 96 valence electrons. The number of carbonyl (C=O) groups is 2. The lowest BCUT2D eigenvalue weighted by molar-refractivity contribution is -0.124. The second-order valence-corrected chi connectivity index (χ2v) is 4.88. The third-order valence-electron chi connectivity index (χ3n) is 3.57. The number of benzene rings is 1. The summed E-state index contributed by atoms with van der Waals surface area (Å²) in [6, 6.07) is 5.58. The smallest absolute Gasteiger partial charge is 0.162 e.